The smallest absolute Gasteiger partial charge is 0.326 e. The summed E-state index contributed by atoms with van der Waals surface area (Å²) in [5.41, 5.74) is 6.39. The molecule has 0 aromatic heterocycles. The van der Waals surface area contributed by atoms with E-state index in [1.54, 1.807) is 0 Å². The molecule has 0 unspecified atom stereocenters. The number of nitrogens with one attached hydrogen (secondary N) is 4. The Bertz CT molecular complexity index is 1420. The highest BCUT2D eigenvalue weighted by atomic mass is 16.4. The summed E-state index contributed by atoms with van der Waals surface area (Å²) in [5.74, 6) is -8.44. The lowest BCUT2D eigenvalue weighted by atomic mass is 10.0. The summed E-state index contributed by atoms with van der Waals surface area (Å²) < 4.78 is 0. The summed E-state index contributed by atoms with van der Waals surface area (Å²) in [7, 11) is 0. The number of carboxylic acid groups (broad SMARTS) is 3. The number of aliphatic carboxylic acids is 3. The number of aromatic hydroxyl groups is 1. The fraction of sp³-hybridized carbons (Fsp3) is 0.562. The number of carboxylic acids is 3. The van der Waals surface area contributed by atoms with Crippen LogP contribution < -0.4 is 27.0 Å². The van der Waals surface area contributed by atoms with Crippen LogP contribution in [0.4, 0.5) is 0 Å². The lowest BCUT2D eigenvalue weighted by molar-refractivity contribution is -0.147. The number of amides is 5. The fourth-order valence-electron chi connectivity index (χ4n) is 5.35. The normalized spacial score (nSPS) is 17.1. The topological polar surface area (TPSA) is 295 Å². The molecule has 1 aromatic carbocycles. The van der Waals surface area contributed by atoms with Crippen molar-refractivity contribution in [3.8, 4) is 5.75 Å². The molecule has 10 N–H and O–H groups in total. The lowest BCUT2D eigenvalue weighted by Crippen LogP contribution is -2.59. The Balaban J connectivity index is 2.30. The highest BCUT2D eigenvalue weighted by Gasteiger charge is 2.39. The minimum atomic E-state index is -1.89. The van der Waals surface area contributed by atoms with Gasteiger partial charge in [0.2, 0.25) is 29.5 Å². The molecular weight excluding hydrogens is 660 g/mol. The zero-order valence-electron chi connectivity index (χ0n) is 28.1. The van der Waals surface area contributed by atoms with Gasteiger partial charge in [-0.2, -0.15) is 0 Å². The van der Waals surface area contributed by atoms with Gasteiger partial charge >= 0.3 is 17.9 Å². The number of benzene rings is 1. The van der Waals surface area contributed by atoms with Crippen LogP contribution in [0, 0.1) is 5.92 Å². The van der Waals surface area contributed by atoms with Crippen LogP contribution in [0.5, 0.6) is 5.75 Å². The first kappa shape index (κ1) is 40.9. The molecule has 0 saturated carbocycles. The molecule has 1 aliphatic heterocycles. The van der Waals surface area contributed by atoms with Gasteiger partial charge in [-0.3, -0.25) is 33.6 Å². The van der Waals surface area contributed by atoms with Crippen molar-refractivity contribution in [2.24, 2.45) is 11.7 Å². The Morgan fingerprint density at radius 2 is 1.42 bits per heavy atom. The predicted octanol–water partition coefficient (Wildman–Crippen LogP) is -1.32. The Labute approximate surface area is 288 Å². The number of rotatable bonds is 19. The van der Waals surface area contributed by atoms with E-state index >= 15 is 0 Å². The first-order valence-electron chi connectivity index (χ1n) is 16.1. The van der Waals surface area contributed by atoms with Crippen LogP contribution in [-0.2, 0) is 44.8 Å². The first-order valence-corrected chi connectivity index (χ1v) is 16.1. The molecule has 50 heavy (non-hydrogen) atoms. The van der Waals surface area contributed by atoms with E-state index < -0.39 is 103 Å². The monoisotopic (exact) mass is 706 g/mol. The van der Waals surface area contributed by atoms with Gasteiger partial charge in [-0.1, -0.05) is 26.0 Å². The predicted molar refractivity (Wildman–Crippen MR) is 174 cm³/mol. The van der Waals surface area contributed by atoms with E-state index in [9.17, 15) is 53.7 Å². The van der Waals surface area contributed by atoms with Crippen LogP contribution >= 0.6 is 0 Å². The second-order valence-corrected chi connectivity index (χ2v) is 12.6. The average Bonchev–Trinajstić information content (AvgIpc) is 3.52. The number of nitrogens with two attached hydrogens (primary N) is 1. The van der Waals surface area contributed by atoms with E-state index in [1.165, 1.54) is 36.1 Å². The number of carbonyl (C=O) groups is 8. The van der Waals surface area contributed by atoms with Gasteiger partial charge in [0.15, 0.2) is 0 Å². The molecule has 18 heteroatoms. The maximum atomic E-state index is 13.7. The third kappa shape index (κ3) is 13.0. The molecule has 1 aliphatic rings. The highest BCUT2D eigenvalue weighted by Crippen LogP contribution is 2.20. The summed E-state index contributed by atoms with van der Waals surface area (Å²) in [6.45, 7) is 5.44. The standard InChI is InChI=1S/C32H46N6O12/c1-16(2)13-20(33)27(44)34-17(3)31(48)38-12-4-5-24(38)30(47)36-22(14-18-6-8-19(39)9-7-18)29(46)35-21(10-11-25(40)41)28(45)37-23(32(49)50)15-26(42)43/h6-9,16-17,20-24,39H,4-5,10-15,33H2,1-3H3,(H,34,44)(H,35,46)(H,36,47)(H,37,45)(H,40,41)(H,42,43)(H,49,50)/t17-,20-,21-,22-,23-,24-/m0/s1. The molecule has 0 radical (unpaired) electrons. The molecule has 6 atom stereocenters. The quantitative estimate of drug-likeness (QED) is 0.0808. The van der Waals surface area contributed by atoms with Gasteiger partial charge in [-0.05, 0) is 56.2 Å². The van der Waals surface area contributed by atoms with E-state index in [0.29, 0.717) is 18.4 Å². The van der Waals surface area contributed by atoms with E-state index in [1.807, 2.05) is 19.2 Å². The van der Waals surface area contributed by atoms with E-state index in [-0.39, 0.29) is 31.1 Å². The maximum absolute atomic E-state index is 13.7. The number of hydrogen-bond donors (Lipinski definition) is 9. The zero-order valence-corrected chi connectivity index (χ0v) is 28.1. The van der Waals surface area contributed by atoms with E-state index in [0.717, 1.165) is 0 Å². The van der Waals surface area contributed by atoms with Gasteiger partial charge in [0.1, 0.15) is 36.0 Å². The minimum absolute atomic E-state index is 0.0787. The van der Waals surface area contributed by atoms with Crippen LogP contribution in [0.15, 0.2) is 24.3 Å². The second kappa shape index (κ2) is 19.1. The van der Waals surface area contributed by atoms with Gasteiger partial charge in [0.05, 0.1) is 12.5 Å². The fourth-order valence-corrected chi connectivity index (χ4v) is 5.35. The number of likely N-dealkylation sites (tertiary alicyclic amines) is 1. The SMILES string of the molecule is CC(C)C[C@H](N)C(=O)N[C@@H](C)C(=O)N1CCC[C@H]1C(=O)N[C@@H](Cc1ccc(O)cc1)C(=O)N[C@@H](CCC(=O)O)C(=O)N[C@@H](CC(=O)O)C(=O)O. The summed E-state index contributed by atoms with van der Waals surface area (Å²) in [6, 6.07) is -2.24. The molecule has 1 saturated heterocycles. The van der Waals surface area contributed by atoms with Crippen molar-refractivity contribution < 1.29 is 58.8 Å². The molecule has 18 nitrogen and oxygen atoms in total. The van der Waals surface area contributed by atoms with Crippen molar-refractivity contribution in [1.29, 1.82) is 0 Å². The van der Waals surface area contributed by atoms with E-state index in [4.69, 9.17) is 10.8 Å². The average molecular weight is 707 g/mol. The van der Waals surface area contributed by atoms with Crippen LogP contribution in [0.3, 0.4) is 0 Å². The largest absolute Gasteiger partial charge is 0.508 e. The van der Waals surface area contributed by atoms with Crippen LogP contribution in [0.25, 0.3) is 0 Å². The molecule has 0 aliphatic carbocycles. The van der Waals surface area contributed by atoms with Gasteiger partial charge < -0.3 is 52.3 Å². The number of phenolic OH excluding ortho intramolecular Hbond substituents is 1. The Morgan fingerprint density at radius 1 is 0.820 bits per heavy atom. The number of nitrogens with zero attached hydrogens (tertiary/aromatic N) is 1. The Morgan fingerprint density at radius 3 is 1.98 bits per heavy atom. The second-order valence-electron chi connectivity index (χ2n) is 12.6. The van der Waals surface area contributed by atoms with Crippen molar-refractivity contribution in [2.75, 3.05) is 6.54 Å². The number of carbonyl (C=O) groups excluding carboxylic acids is 5. The molecule has 2 rings (SSSR count). The summed E-state index contributed by atoms with van der Waals surface area (Å²) in [6.07, 6.45) is -1.28. The highest BCUT2D eigenvalue weighted by molar-refractivity contribution is 5.97. The Kier molecular flexibility index (Phi) is 15.6. The van der Waals surface area contributed by atoms with Crippen LogP contribution in [0.2, 0.25) is 0 Å². The van der Waals surface area contributed by atoms with Crippen molar-refractivity contribution in [2.45, 2.75) is 102 Å². The van der Waals surface area contributed by atoms with Crippen molar-refractivity contribution in [1.82, 2.24) is 26.2 Å². The van der Waals surface area contributed by atoms with Crippen LogP contribution in [-0.4, -0.2) is 116 Å². The van der Waals surface area contributed by atoms with Crippen molar-refractivity contribution in [3.05, 3.63) is 29.8 Å². The van der Waals surface area contributed by atoms with Gasteiger partial charge in [-0.25, -0.2) is 4.79 Å². The first-order chi connectivity index (χ1) is 23.4. The molecule has 0 spiro atoms. The van der Waals surface area contributed by atoms with E-state index in [2.05, 4.69) is 16.0 Å². The molecule has 5 amide bonds. The van der Waals surface area contributed by atoms with Crippen LogP contribution in [0.1, 0.15) is 64.9 Å². The van der Waals surface area contributed by atoms with Gasteiger partial charge in [0.25, 0.3) is 0 Å². The molecule has 0 bridgehead atoms. The Hall–Kier alpha value is -5.26. The summed E-state index contributed by atoms with van der Waals surface area (Å²) in [5, 5.41) is 46.7. The lowest BCUT2D eigenvalue weighted by Gasteiger charge is -2.29. The minimum Gasteiger partial charge on any atom is -0.508 e. The molecule has 1 fully saturated rings. The number of hydrogen-bond acceptors (Lipinski definition) is 10. The summed E-state index contributed by atoms with van der Waals surface area (Å²) >= 11 is 0. The molecule has 1 heterocycles. The molecular formula is C32H46N6O12. The third-order valence-electron chi connectivity index (χ3n) is 7.91. The van der Waals surface area contributed by atoms with Gasteiger partial charge in [-0.15, -0.1) is 0 Å². The molecule has 276 valence electrons. The van der Waals surface area contributed by atoms with Gasteiger partial charge in [0, 0.05) is 19.4 Å². The third-order valence-corrected chi connectivity index (χ3v) is 7.91. The van der Waals surface area contributed by atoms with Crippen molar-refractivity contribution >= 4 is 47.4 Å². The summed E-state index contributed by atoms with van der Waals surface area (Å²) in [4.78, 5) is 101. The zero-order chi connectivity index (χ0) is 37.7. The number of phenols is 1. The maximum Gasteiger partial charge on any atom is 0.326 e. The molecule has 1 aromatic rings. The van der Waals surface area contributed by atoms with Crippen molar-refractivity contribution in [3.63, 3.8) is 0 Å².